The van der Waals surface area contributed by atoms with Gasteiger partial charge in [0.25, 0.3) is 11.5 Å². The Bertz CT molecular complexity index is 1610. The van der Waals surface area contributed by atoms with Gasteiger partial charge in [0.15, 0.2) is 5.57 Å². The molecular formula is C26H29F3N6O3S. The van der Waals surface area contributed by atoms with Gasteiger partial charge in [-0.05, 0) is 37.6 Å². The van der Waals surface area contributed by atoms with Crippen molar-refractivity contribution in [3.63, 3.8) is 0 Å². The highest BCUT2D eigenvalue weighted by Gasteiger charge is 2.29. The monoisotopic (exact) mass is 562 g/mol. The molecule has 3 aromatic rings. The maximum atomic E-state index is 13.0. The van der Waals surface area contributed by atoms with Gasteiger partial charge in [0.05, 0.1) is 13.2 Å². The topological polar surface area (TPSA) is 104 Å². The zero-order valence-corrected chi connectivity index (χ0v) is 22.6. The van der Waals surface area contributed by atoms with E-state index in [1.807, 2.05) is 25.2 Å². The molecule has 9 nitrogen and oxygen atoms in total. The first-order valence-corrected chi connectivity index (χ1v) is 13.2. The van der Waals surface area contributed by atoms with E-state index in [0.29, 0.717) is 13.2 Å². The molecule has 0 saturated carbocycles. The molecule has 2 aromatic heterocycles. The predicted molar refractivity (Wildman–Crippen MR) is 143 cm³/mol. The van der Waals surface area contributed by atoms with Crippen LogP contribution in [-0.4, -0.2) is 59.0 Å². The van der Waals surface area contributed by atoms with Crippen molar-refractivity contribution in [2.75, 3.05) is 38.2 Å². The second-order valence-electron chi connectivity index (χ2n) is 9.14. The zero-order valence-electron chi connectivity index (χ0n) is 21.8. The van der Waals surface area contributed by atoms with Crippen molar-refractivity contribution in [3.8, 4) is 6.07 Å². The van der Waals surface area contributed by atoms with Gasteiger partial charge in [0, 0.05) is 61.7 Å². The number of carbonyl (C=O) groups is 1. The molecule has 0 unspecified atom stereocenters. The molecule has 0 bridgehead atoms. The van der Waals surface area contributed by atoms with Crippen LogP contribution in [0.1, 0.15) is 18.2 Å². The molecule has 4 rings (SSSR count). The van der Waals surface area contributed by atoms with Crippen LogP contribution in [0.2, 0.25) is 0 Å². The smallest absolute Gasteiger partial charge is 0.379 e. The summed E-state index contributed by atoms with van der Waals surface area (Å²) in [6, 6.07) is 7.55. The lowest BCUT2D eigenvalue weighted by molar-refractivity contribution is -0.135. The van der Waals surface area contributed by atoms with Crippen LogP contribution in [0.3, 0.4) is 0 Å². The van der Waals surface area contributed by atoms with Crippen molar-refractivity contribution >= 4 is 45.6 Å². The molecule has 0 spiro atoms. The number of halogens is 3. The van der Waals surface area contributed by atoms with Gasteiger partial charge in [-0.3, -0.25) is 19.1 Å². The maximum absolute atomic E-state index is 13.0. The number of fused-ring (bicyclic) bond motifs is 1. The lowest BCUT2D eigenvalue weighted by Gasteiger charge is -2.26. The summed E-state index contributed by atoms with van der Waals surface area (Å²) < 4.78 is 46.7. The van der Waals surface area contributed by atoms with E-state index in [0.717, 1.165) is 53.3 Å². The van der Waals surface area contributed by atoms with Gasteiger partial charge in [-0.1, -0.05) is 0 Å². The SMILES string of the molecule is CCn1c(=O)/c(=C/Nc2ccc3c(c2)c(CN2CCOCC2)c(C)n3C)s/c1=C(\C#N)C(=O)NCC(F)(F)F. The molecule has 0 radical (unpaired) electrons. The van der Waals surface area contributed by atoms with Crippen molar-refractivity contribution in [2.45, 2.75) is 33.1 Å². The van der Waals surface area contributed by atoms with E-state index >= 15 is 0 Å². The van der Waals surface area contributed by atoms with Crippen molar-refractivity contribution < 1.29 is 22.7 Å². The lowest BCUT2D eigenvalue weighted by Crippen LogP contribution is -2.37. The van der Waals surface area contributed by atoms with Gasteiger partial charge in [0.1, 0.15) is 21.8 Å². The summed E-state index contributed by atoms with van der Waals surface area (Å²) in [4.78, 5) is 27.6. The van der Waals surface area contributed by atoms with E-state index < -0.39 is 29.8 Å². The number of rotatable bonds is 7. The highest BCUT2D eigenvalue weighted by molar-refractivity contribution is 7.07. The van der Waals surface area contributed by atoms with Gasteiger partial charge in [-0.15, -0.1) is 11.3 Å². The number of nitriles is 1. The minimum atomic E-state index is -4.63. The number of anilines is 1. The molecule has 0 atom stereocenters. The molecule has 1 aliphatic rings. The molecule has 3 heterocycles. The van der Waals surface area contributed by atoms with E-state index in [9.17, 15) is 28.0 Å². The number of aryl methyl sites for hydroxylation is 1. The quantitative estimate of drug-likeness (QED) is 0.455. The maximum Gasteiger partial charge on any atom is 0.405 e. The number of nitrogens with zero attached hydrogens (tertiary/aromatic N) is 4. The normalized spacial score (nSPS) is 15.9. The Balaban J connectivity index is 1.69. The van der Waals surface area contributed by atoms with Gasteiger partial charge in [0.2, 0.25) is 0 Å². The van der Waals surface area contributed by atoms with E-state index in [1.54, 1.807) is 18.3 Å². The Hall–Kier alpha value is -3.60. The molecule has 1 fully saturated rings. The summed E-state index contributed by atoms with van der Waals surface area (Å²) in [6.07, 6.45) is -3.14. The number of ether oxygens (including phenoxy) is 1. The predicted octanol–water partition coefficient (Wildman–Crippen LogP) is 1.76. The third-order valence-corrected chi connectivity index (χ3v) is 7.83. The first-order chi connectivity index (χ1) is 18.5. The number of alkyl halides is 3. The Labute approximate surface area is 226 Å². The number of hydrogen-bond acceptors (Lipinski definition) is 7. The summed E-state index contributed by atoms with van der Waals surface area (Å²) >= 11 is 0.869. The summed E-state index contributed by atoms with van der Waals surface area (Å²) in [5.74, 6) is -1.18. The summed E-state index contributed by atoms with van der Waals surface area (Å²) in [6.45, 7) is 6.23. The van der Waals surface area contributed by atoms with Crippen LogP contribution in [0.25, 0.3) is 22.7 Å². The highest BCUT2D eigenvalue weighted by Crippen LogP contribution is 2.29. The van der Waals surface area contributed by atoms with Crippen LogP contribution in [-0.2, 0) is 29.7 Å². The van der Waals surface area contributed by atoms with Gasteiger partial charge >= 0.3 is 6.18 Å². The largest absolute Gasteiger partial charge is 0.405 e. The zero-order chi connectivity index (χ0) is 28.3. The van der Waals surface area contributed by atoms with E-state index in [4.69, 9.17) is 4.74 Å². The van der Waals surface area contributed by atoms with E-state index in [-0.39, 0.29) is 15.7 Å². The third-order valence-electron chi connectivity index (χ3n) is 6.70. The fraction of sp³-hybridized carbons (Fsp3) is 0.423. The molecule has 1 saturated heterocycles. The molecule has 0 aliphatic carbocycles. The highest BCUT2D eigenvalue weighted by atomic mass is 32.1. The van der Waals surface area contributed by atoms with Crippen molar-refractivity contribution in [1.29, 1.82) is 5.26 Å². The van der Waals surface area contributed by atoms with Crippen LogP contribution in [0.4, 0.5) is 18.9 Å². The van der Waals surface area contributed by atoms with Gasteiger partial charge < -0.3 is 19.9 Å². The summed E-state index contributed by atoms with van der Waals surface area (Å²) in [5, 5.41) is 15.4. The minimum absolute atomic E-state index is 0.000317. The molecule has 39 heavy (non-hydrogen) atoms. The molecule has 1 aromatic carbocycles. The summed E-state index contributed by atoms with van der Waals surface area (Å²) in [7, 11) is 2.02. The molecular weight excluding hydrogens is 533 g/mol. The number of aromatic nitrogens is 2. The third kappa shape index (κ3) is 6.19. The fourth-order valence-electron chi connectivity index (χ4n) is 4.53. The lowest BCUT2D eigenvalue weighted by atomic mass is 10.1. The number of nitrogens with one attached hydrogen (secondary N) is 2. The molecule has 208 valence electrons. The average Bonchev–Trinajstić information content (AvgIpc) is 3.34. The van der Waals surface area contributed by atoms with Crippen molar-refractivity contribution in [1.82, 2.24) is 19.4 Å². The van der Waals surface area contributed by atoms with Crippen molar-refractivity contribution in [2.24, 2.45) is 7.05 Å². The Morgan fingerprint density at radius 3 is 2.64 bits per heavy atom. The first-order valence-electron chi connectivity index (χ1n) is 12.4. The van der Waals surface area contributed by atoms with Crippen LogP contribution >= 0.6 is 11.3 Å². The van der Waals surface area contributed by atoms with Gasteiger partial charge in [-0.2, -0.15) is 18.4 Å². The van der Waals surface area contributed by atoms with E-state index in [1.165, 1.54) is 16.3 Å². The Morgan fingerprint density at radius 2 is 2.00 bits per heavy atom. The molecule has 2 N–H and O–H groups in total. The first kappa shape index (κ1) is 28.4. The summed E-state index contributed by atoms with van der Waals surface area (Å²) in [5.41, 5.74) is 3.19. The molecule has 1 amide bonds. The van der Waals surface area contributed by atoms with Crippen LogP contribution in [0.15, 0.2) is 23.0 Å². The van der Waals surface area contributed by atoms with Crippen molar-refractivity contribution in [3.05, 3.63) is 49.0 Å². The molecule has 1 aliphatic heterocycles. The number of amides is 1. The molecule has 13 heteroatoms. The number of carbonyl (C=O) groups excluding carboxylic acids is 1. The Kier molecular flexibility index (Phi) is 8.48. The van der Waals surface area contributed by atoms with Crippen LogP contribution in [0.5, 0.6) is 0 Å². The number of hydrogen-bond donors (Lipinski definition) is 2. The Morgan fingerprint density at radius 1 is 1.28 bits per heavy atom. The van der Waals surface area contributed by atoms with Gasteiger partial charge in [-0.25, -0.2) is 0 Å². The second-order valence-corrected chi connectivity index (χ2v) is 10.2. The second kappa shape index (κ2) is 11.6. The van der Waals surface area contributed by atoms with Crippen LogP contribution in [0, 0.1) is 18.3 Å². The average molecular weight is 563 g/mol. The van der Waals surface area contributed by atoms with E-state index in [2.05, 4.69) is 21.7 Å². The number of benzene rings is 1. The standard InChI is InChI=1S/C26H29F3N6O3S/c1-4-35-24(37)22(39-25(35)19(12-30)23(36)32-15-26(27,28)29)13-31-17-5-6-21-18(11-17)20(16(2)33(21)3)14-34-7-9-38-10-8-34/h5-6,11,13,31H,4,7-10,14-15H2,1-3H3,(H,32,36)/b22-13-,25-19+. The number of thiazole rings is 1. The van der Waals surface area contributed by atoms with Crippen LogP contribution < -0.4 is 25.4 Å². The minimum Gasteiger partial charge on any atom is -0.379 e. The fourth-order valence-corrected chi connectivity index (χ4v) is 5.61. The number of morpholine rings is 1.